The van der Waals surface area contributed by atoms with Gasteiger partial charge in [-0.3, -0.25) is 19.3 Å². The monoisotopic (exact) mass is 359 g/mol. The average molecular weight is 359 g/mol. The minimum absolute atomic E-state index is 0.0117. The molecule has 1 saturated heterocycles. The van der Waals surface area contributed by atoms with Crippen LogP contribution in [0.2, 0.25) is 0 Å². The van der Waals surface area contributed by atoms with E-state index >= 15 is 0 Å². The molecule has 0 saturated carbocycles. The van der Waals surface area contributed by atoms with Crippen molar-refractivity contribution in [1.29, 1.82) is 0 Å². The fourth-order valence-corrected chi connectivity index (χ4v) is 2.05. The van der Waals surface area contributed by atoms with Crippen molar-refractivity contribution in [3.05, 3.63) is 24.3 Å². The van der Waals surface area contributed by atoms with Crippen LogP contribution in [0, 0.1) is 0 Å². The SMILES string of the molecule is CCN1C(=O)C(=O)N(CC(=O)Nc2ccc(OC(F)(F)F)cc2)C1=O. The molecule has 2 rings (SSSR count). The third-order valence-electron chi connectivity index (χ3n) is 3.12. The smallest absolute Gasteiger partial charge is 0.406 e. The lowest BCUT2D eigenvalue weighted by Crippen LogP contribution is -2.38. The van der Waals surface area contributed by atoms with Crippen LogP contribution in [0.4, 0.5) is 23.7 Å². The van der Waals surface area contributed by atoms with E-state index in [0.717, 1.165) is 24.3 Å². The molecular formula is C14H12F3N3O5. The van der Waals surface area contributed by atoms with Crippen molar-refractivity contribution in [1.82, 2.24) is 9.80 Å². The number of halogens is 3. The summed E-state index contributed by atoms with van der Waals surface area (Å²) in [7, 11) is 0. The number of likely N-dealkylation sites (N-methyl/N-ethyl adjacent to an activating group) is 1. The zero-order valence-electron chi connectivity index (χ0n) is 12.8. The minimum atomic E-state index is -4.83. The summed E-state index contributed by atoms with van der Waals surface area (Å²) in [5.41, 5.74) is 0.122. The van der Waals surface area contributed by atoms with Crippen LogP contribution in [-0.4, -0.2) is 53.0 Å². The summed E-state index contributed by atoms with van der Waals surface area (Å²) >= 11 is 0. The lowest BCUT2D eigenvalue weighted by molar-refractivity contribution is -0.274. The second kappa shape index (κ2) is 6.79. The Morgan fingerprint density at radius 3 is 2.12 bits per heavy atom. The Kier molecular flexibility index (Phi) is 4.95. The number of rotatable bonds is 5. The summed E-state index contributed by atoms with van der Waals surface area (Å²) in [6, 6.07) is 3.36. The number of carbonyl (C=O) groups excluding carboxylic acids is 4. The van der Waals surface area contributed by atoms with Crippen LogP contribution >= 0.6 is 0 Å². The number of imide groups is 2. The van der Waals surface area contributed by atoms with Crippen molar-refractivity contribution in [2.45, 2.75) is 13.3 Å². The Labute approximate surface area is 139 Å². The first-order valence-electron chi connectivity index (χ1n) is 6.95. The third-order valence-corrected chi connectivity index (χ3v) is 3.12. The van der Waals surface area contributed by atoms with Crippen molar-refractivity contribution >= 4 is 29.4 Å². The van der Waals surface area contributed by atoms with Gasteiger partial charge in [0.25, 0.3) is 0 Å². The minimum Gasteiger partial charge on any atom is -0.406 e. The molecule has 1 aliphatic rings. The van der Waals surface area contributed by atoms with E-state index < -0.39 is 42.4 Å². The molecule has 134 valence electrons. The molecule has 0 aromatic heterocycles. The van der Waals surface area contributed by atoms with Crippen molar-refractivity contribution in [2.75, 3.05) is 18.4 Å². The normalized spacial score (nSPS) is 15.0. The number of hydrogen-bond acceptors (Lipinski definition) is 5. The highest BCUT2D eigenvalue weighted by Gasteiger charge is 2.44. The number of nitrogens with zero attached hydrogens (tertiary/aromatic N) is 2. The predicted molar refractivity (Wildman–Crippen MR) is 76.3 cm³/mol. The van der Waals surface area contributed by atoms with Crippen molar-refractivity contribution in [3.63, 3.8) is 0 Å². The van der Waals surface area contributed by atoms with E-state index in [0.29, 0.717) is 9.80 Å². The maximum atomic E-state index is 12.1. The lowest BCUT2D eigenvalue weighted by Gasteiger charge is -2.14. The van der Waals surface area contributed by atoms with Crippen LogP contribution in [0.25, 0.3) is 0 Å². The number of nitrogens with one attached hydrogen (secondary N) is 1. The second-order valence-corrected chi connectivity index (χ2v) is 4.84. The molecule has 1 aromatic rings. The van der Waals surface area contributed by atoms with E-state index in [-0.39, 0.29) is 12.2 Å². The summed E-state index contributed by atoms with van der Waals surface area (Å²) in [5, 5.41) is 2.30. The number of benzene rings is 1. The molecule has 0 bridgehead atoms. The Bertz CT molecular complexity index is 717. The highest BCUT2D eigenvalue weighted by atomic mass is 19.4. The third kappa shape index (κ3) is 4.25. The molecule has 11 heteroatoms. The predicted octanol–water partition coefficient (Wildman–Crippen LogP) is 1.33. The zero-order valence-corrected chi connectivity index (χ0v) is 12.8. The van der Waals surface area contributed by atoms with Crippen LogP contribution < -0.4 is 10.1 Å². The fourth-order valence-electron chi connectivity index (χ4n) is 2.05. The molecule has 0 radical (unpaired) electrons. The molecule has 8 nitrogen and oxygen atoms in total. The molecule has 1 aromatic carbocycles. The highest BCUT2D eigenvalue weighted by Crippen LogP contribution is 2.24. The Balaban J connectivity index is 1.98. The topological polar surface area (TPSA) is 96.0 Å². The molecule has 0 aliphatic carbocycles. The number of ether oxygens (including phenoxy) is 1. The summed E-state index contributed by atoms with van der Waals surface area (Å²) in [4.78, 5) is 48.1. The molecule has 1 N–H and O–H groups in total. The number of alkyl halides is 3. The molecule has 0 unspecified atom stereocenters. The quantitative estimate of drug-likeness (QED) is 0.632. The molecule has 25 heavy (non-hydrogen) atoms. The lowest BCUT2D eigenvalue weighted by atomic mass is 10.3. The van der Waals surface area contributed by atoms with Gasteiger partial charge in [0.05, 0.1) is 0 Å². The van der Waals surface area contributed by atoms with Crippen LogP contribution in [0.15, 0.2) is 24.3 Å². The number of amides is 5. The largest absolute Gasteiger partial charge is 0.573 e. The van der Waals surface area contributed by atoms with E-state index in [4.69, 9.17) is 0 Å². The first-order valence-corrected chi connectivity index (χ1v) is 6.95. The van der Waals surface area contributed by atoms with Crippen molar-refractivity contribution in [3.8, 4) is 5.75 Å². The molecule has 1 heterocycles. The first-order chi connectivity index (χ1) is 11.6. The summed E-state index contributed by atoms with van der Waals surface area (Å²) in [6.07, 6.45) is -4.83. The first kappa shape index (κ1) is 18.2. The average Bonchev–Trinajstić information content (AvgIpc) is 2.71. The molecule has 1 aliphatic heterocycles. The molecule has 0 spiro atoms. The maximum absolute atomic E-state index is 12.1. The fraction of sp³-hybridized carbons (Fsp3) is 0.286. The van der Waals surface area contributed by atoms with E-state index in [2.05, 4.69) is 10.1 Å². The van der Waals surface area contributed by atoms with Gasteiger partial charge in [-0.05, 0) is 31.2 Å². The Morgan fingerprint density at radius 2 is 1.64 bits per heavy atom. The molecular weight excluding hydrogens is 347 g/mol. The van der Waals surface area contributed by atoms with Gasteiger partial charge in [-0.2, -0.15) is 0 Å². The van der Waals surface area contributed by atoms with Crippen LogP contribution in [0.5, 0.6) is 5.75 Å². The second-order valence-electron chi connectivity index (χ2n) is 4.84. The van der Waals surface area contributed by atoms with Gasteiger partial charge in [0.2, 0.25) is 5.91 Å². The van der Waals surface area contributed by atoms with Crippen LogP contribution in [0.1, 0.15) is 6.92 Å². The number of hydrogen-bond donors (Lipinski definition) is 1. The molecule has 1 fully saturated rings. The maximum Gasteiger partial charge on any atom is 0.573 e. The van der Waals surface area contributed by atoms with E-state index in [9.17, 15) is 32.3 Å². The van der Waals surface area contributed by atoms with Crippen LogP contribution in [-0.2, 0) is 14.4 Å². The van der Waals surface area contributed by atoms with E-state index in [1.54, 1.807) is 0 Å². The summed E-state index contributed by atoms with van der Waals surface area (Å²) < 4.78 is 39.8. The van der Waals surface area contributed by atoms with Gasteiger partial charge in [-0.1, -0.05) is 0 Å². The van der Waals surface area contributed by atoms with E-state index in [1.807, 2.05) is 0 Å². The molecule has 0 atom stereocenters. The Hall–Kier alpha value is -3.11. The zero-order chi connectivity index (χ0) is 18.8. The number of anilines is 1. The summed E-state index contributed by atoms with van der Waals surface area (Å²) in [6.45, 7) is 0.792. The van der Waals surface area contributed by atoms with Gasteiger partial charge in [-0.15, -0.1) is 13.2 Å². The van der Waals surface area contributed by atoms with Gasteiger partial charge in [0, 0.05) is 12.2 Å². The highest BCUT2D eigenvalue weighted by molar-refractivity contribution is 6.45. The van der Waals surface area contributed by atoms with E-state index in [1.165, 1.54) is 6.92 Å². The Morgan fingerprint density at radius 1 is 1.08 bits per heavy atom. The number of carbonyl (C=O) groups is 4. The molecule has 5 amide bonds. The van der Waals surface area contributed by atoms with Crippen LogP contribution in [0.3, 0.4) is 0 Å². The summed E-state index contributed by atoms with van der Waals surface area (Å²) in [5.74, 6) is -3.40. The van der Waals surface area contributed by atoms with Gasteiger partial charge >= 0.3 is 24.2 Å². The van der Waals surface area contributed by atoms with Gasteiger partial charge in [0.15, 0.2) is 0 Å². The van der Waals surface area contributed by atoms with Gasteiger partial charge in [0.1, 0.15) is 12.3 Å². The van der Waals surface area contributed by atoms with Crippen molar-refractivity contribution < 1.29 is 37.1 Å². The van der Waals surface area contributed by atoms with Gasteiger partial charge < -0.3 is 10.1 Å². The number of urea groups is 1. The van der Waals surface area contributed by atoms with Gasteiger partial charge in [-0.25, -0.2) is 9.69 Å². The van der Waals surface area contributed by atoms with Crippen molar-refractivity contribution in [2.24, 2.45) is 0 Å². The standard InChI is InChI=1S/C14H12F3N3O5/c1-2-19-11(22)12(23)20(13(19)24)7-10(21)18-8-3-5-9(6-4-8)25-14(15,16)17/h3-6H,2,7H2,1H3,(H,18,21).